The standard InChI is InChI=1S/C7H7Br2NO/c1-11-7-3-2-5(9)6(4-8)10-7/h2-3H,4H2,1H3. The number of hydrogen-bond donors (Lipinski definition) is 0. The second-order valence-electron chi connectivity index (χ2n) is 1.92. The highest BCUT2D eigenvalue weighted by molar-refractivity contribution is 9.10. The first kappa shape index (κ1) is 9.00. The van der Waals surface area contributed by atoms with Gasteiger partial charge in [0.15, 0.2) is 0 Å². The minimum Gasteiger partial charge on any atom is -0.481 e. The third-order valence-corrected chi connectivity index (χ3v) is 2.48. The van der Waals surface area contributed by atoms with Gasteiger partial charge < -0.3 is 4.74 Å². The summed E-state index contributed by atoms with van der Waals surface area (Å²) in [6.45, 7) is 0. The number of ether oxygens (including phenoxy) is 1. The zero-order valence-electron chi connectivity index (χ0n) is 5.97. The van der Waals surface area contributed by atoms with Gasteiger partial charge in [0.05, 0.1) is 12.8 Å². The fourth-order valence-corrected chi connectivity index (χ4v) is 1.84. The Morgan fingerprint density at radius 2 is 2.27 bits per heavy atom. The van der Waals surface area contributed by atoms with E-state index >= 15 is 0 Å². The van der Waals surface area contributed by atoms with Gasteiger partial charge in [-0.3, -0.25) is 0 Å². The van der Waals surface area contributed by atoms with Gasteiger partial charge in [-0.05, 0) is 22.0 Å². The van der Waals surface area contributed by atoms with E-state index in [4.69, 9.17) is 4.74 Å². The monoisotopic (exact) mass is 279 g/mol. The maximum absolute atomic E-state index is 4.96. The van der Waals surface area contributed by atoms with Gasteiger partial charge in [0.25, 0.3) is 0 Å². The predicted octanol–water partition coefficient (Wildman–Crippen LogP) is 2.75. The molecule has 0 radical (unpaired) electrons. The maximum Gasteiger partial charge on any atom is 0.213 e. The molecule has 0 aliphatic heterocycles. The van der Waals surface area contributed by atoms with E-state index in [0.717, 1.165) is 15.5 Å². The quantitative estimate of drug-likeness (QED) is 0.777. The first-order valence-electron chi connectivity index (χ1n) is 3.03. The van der Waals surface area contributed by atoms with Crippen molar-refractivity contribution in [3.8, 4) is 5.88 Å². The number of nitrogens with zero attached hydrogens (tertiary/aromatic N) is 1. The zero-order chi connectivity index (χ0) is 8.27. The Kier molecular flexibility index (Phi) is 3.33. The van der Waals surface area contributed by atoms with Gasteiger partial charge in [0.2, 0.25) is 5.88 Å². The minimum atomic E-state index is 0.641. The molecule has 0 unspecified atom stereocenters. The molecule has 0 aromatic carbocycles. The molecule has 0 amide bonds. The summed E-state index contributed by atoms with van der Waals surface area (Å²) in [4.78, 5) is 4.19. The van der Waals surface area contributed by atoms with Gasteiger partial charge in [-0.2, -0.15) is 0 Å². The summed E-state index contributed by atoms with van der Waals surface area (Å²) in [6, 6.07) is 3.73. The number of rotatable bonds is 2. The van der Waals surface area contributed by atoms with Crippen LogP contribution in [0.4, 0.5) is 0 Å². The molecule has 0 saturated carbocycles. The van der Waals surface area contributed by atoms with E-state index in [2.05, 4.69) is 36.8 Å². The van der Waals surface area contributed by atoms with E-state index in [9.17, 15) is 0 Å². The molecule has 0 aliphatic carbocycles. The molecule has 11 heavy (non-hydrogen) atoms. The summed E-state index contributed by atoms with van der Waals surface area (Å²) in [7, 11) is 1.61. The van der Waals surface area contributed by atoms with E-state index in [1.165, 1.54) is 0 Å². The lowest BCUT2D eigenvalue weighted by atomic mass is 10.4. The number of hydrogen-bond acceptors (Lipinski definition) is 2. The van der Waals surface area contributed by atoms with E-state index in [1.807, 2.05) is 12.1 Å². The normalized spacial score (nSPS) is 9.73. The molecule has 0 bridgehead atoms. The van der Waals surface area contributed by atoms with Crippen molar-refractivity contribution in [3.05, 3.63) is 22.3 Å². The van der Waals surface area contributed by atoms with Gasteiger partial charge in [0.1, 0.15) is 0 Å². The molecule has 0 saturated heterocycles. The van der Waals surface area contributed by atoms with Crippen molar-refractivity contribution in [1.82, 2.24) is 4.98 Å². The van der Waals surface area contributed by atoms with Crippen LogP contribution in [0, 0.1) is 0 Å². The topological polar surface area (TPSA) is 22.1 Å². The molecule has 0 aliphatic rings. The Morgan fingerprint density at radius 1 is 1.55 bits per heavy atom. The first-order chi connectivity index (χ1) is 5.27. The summed E-state index contributed by atoms with van der Waals surface area (Å²) in [5, 5.41) is 0.727. The molecule has 0 N–H and O–H groups in total. The van der Waals surface area contributed by atoms with E-state index in [0.29, 0.717) is 5.88 Å². The molecule has 60 valence electrons. The molecule has 4 heteroatoms. The summed E-state index contributed by atoms with van der Waals surface area (Å²) < 4.78 is 5.95. The highest BCUT2D eigenvalue weighted by Gasteiger charge is 2.00. The average molecular weight is 281 g/mol. The Morgan fingerprint density at radius 3 is 2.82 bits per heavy atom. The Labute approximate surface area is 82.2 Å². The fourth-order valence-electron chi connectivity index (χ4n) is 0.672. The molecule has 2 nitrogen and oxygen atoms in total. The number of halogens is 2. The number of pyridine rings is 1. The van der Waals surface area contributed by atoms with Crippen LogP contribution in [0.1, 0.15) is 5.69 Å². The predicted molar refractivity (Wildman–Crippen MR) is 51.1 cm³/mol. The third-order valence-electron chi connectivity index (χ3n) is 1.23. The van der Waals surface area contributed by atoms with E-state index < -0.39 is 0 Å². The van der Waals surface area contributed by atoms with Crippen LogP contribution in [0.15, 0.2) is 16.6 Å². The summed E-state index contributed by atoms with van der Waals surface area (Å²) in [5.41, 5.74) is 0.948. The highest BCUT2D eigenvalue weighted by atomic mass is 79.9. The van der Waals surface area contributed by atoms with Crippen LogP contribution in [0.3, 0.4) is 0 Å². The van der Waals surface area contributed by atoms with Crippen molar-refractivity contribution >= 4 is 31.9 Å². The zero-order valence-corrected chi connectivity index (χ0v) is 9.15. The number of methoxy groups -OCH3 is 1. The molecule has 1 rings (SSSR count). The second kappa shape index (κ2) is 4.07. The lowest BCUT2D eigenvalue weighted by Gasteiger charge is -2.01. The van der Waals surface area contributed by atoms with Gasteiger partial charge in [-0.25, -0.2) is 4.98 Å². The SMILES string of the molecule is COc1ccc(Br)c(CBr)n1. The van der Waals surface area contributed by atoms with Crippen LogP contribution in [0.5, 0.6) is 5.88 Å². The summed E-state index contributed by atoms with van der Waals surface area (Å²) in [6.07, 6.45) is 0. The molecular formula is C7H7Br2NO. The molecule has 1 aromatic heterocycles. The molecule has 1 heterocycles. The van der Waals surface area contributed by atoms with Crippen LogP contribution < -0.4 is 4.74 Å². The lowest BCUT2D eigenvalue weighted by Crippen LogP contribution is -1.91. The van der Waals surface area contributed by atoms with Crippen molar-refractivity contribution in [2.24, 2.45) is 0 Å². The fraction of sp³-hybridized carbons (Fsp3) is 0.286. The van der Waals surface area contributed by atoms with Crippen LogP contribution in [-0.4, -0.2) is 12.1 Å². The van der Waals surface area contributed by atoms with Gasteiger partial charge in [0, 0.05) is 15.9 Å². The Bertz CT molecular complexity index is 252. The third kappa shape index (κ3) is 2.17. The largest absolute Gasteiger partial charge is 0.481 e. The van der Waals surface area contributed by atoms with Crippen LogP contribution in [0.25, 0.3) is 0 Å². The smallest absolute Gasteiger partial charge is 0.213 e. The minimum absolute atomic E-state index is 0.641. The first-order valence-corrected chi connectivity index (χ1v) is 4.94. The van der Waals surface area contributed by atoms with Gasteiger partial charge >= 0.3 is 0 Å². The molecule has 0 spiro atoms. The van der Waals surface area contributed by atoms with Gasteiger partial charge in [-0.1, -0.05) is 15.9 Å². The molecule has 0 atom stereocenters. The Balaban J connectivity index is 3.02. The van der Waals surface area contributed by atoms with E-state index in [1.54, 1.807) is 7.11 Å². The van der Waals surface area contributed by atoms with E-state index in [-0.39, 0.29) is 0 Å². The molecule has 0 fully saturated rings. The highest BCUT2D eigenvalue weighted by Crippen LogP contribution is 2.20. The average Bonchev–Trinajstić information content (AvgIpc) is 2.05. The van der Waals surface area contributed by atoms with Crippen LogP contribution in [0.2, 0.25) is 0 Å². The van der Waals surface area contributed by atoms with Crippen molar-refractivity contribution in [2.45, 2.75) is 5.33 Å². The molecular weight excluding hydrogens is 274 g/mol. The summed E-state index contributed by atoms with van der Waals surface area (Å²) >= 11 is 6.70. The maximum atomic E-state index is 4.96. The van der Waals surface area contributed by atoms with Crippen molar-refractivity contribution in [1.29, 1.82) is 0 Å². The van der Waals surface area contributed by atoms with Crippen LogP contribution >= 0.6 is 31.9 Å². The number of aromatic nitrogens is 1. The van der Waals surface area contributed by atoms with Gasteiger partial charge in [-0.15, -0.1) is 0 Å². The van der Waals surface area contributed by atoms with Crippen LogP contribution in [-0.2, 0) is 5.33 Å². The van der Waals surface area contributed by atoms with Crippen molar-refractivity contribution in [3.63, 3.8) is 0 Å². The Hall–Kier alpha value is -0.0900. The summed E-state index contributed by atoms with van der Waals surface area (Å²) in [5.74, 6) is 0.641. The van der Waals surface area contributed by atoms with Crippen molar-refractivity contribution < 1.29 is 4.74 Å². The van der Waals surface area contributed by atoms with Crippen molar-refractivity contribution in [2.75, 3.05) is 7.11 Å². The number of alkyl halides is 1. The second-order valence-corrected chi connectivity index (χ2v) is 3.33. The lowest BCUT2D eigenvalue weighted by molar-refractivity contribution is 0.396. The molecule has 1 aromatic rings.